The Balaban J connectivity index is -0.000000557. The van der Waals surface area contributed by atoms with E-state index in [4.69, 9.17) is 46.3 Å². The van der Waals surface area contributed by atoms with Crippen molar-refractivity contribution >= 4 is 53.2 Å². The molecule has 1 unspecified atom stereocenters. The predicted octanol–water partition coefficient (Wildman–Crippen LogP) is 2.37. The summed E-state index contributed by atoms with van der Waals surface area (Å²) in [6.45, 7) is 33.0. The molecule has 0 saturated heterocycles. The highest BCUT2D eigenvalue weighted by molar-refractivity contribution is 7.80. The van der Waals surface area contributed by atoms with Crippen LogP contribution in [0.4, 0.5) is 0 Å². The number of amides is 3. The summed E-state index contributed by atoms with van der Waals surface area (Å²) >= 11 is 4.05. The second-order valence-corrected chi connectivity index (χ2v) is 25.7. The number of ether oxygens (including phenoxy) is 4. The number of carbonyl (C=O) groups excluding carboxylic acids is 3. The minimum Gasteiger partial charge on any atom is -0.391 e. The van der Waals surface area contributed by atoms with E-state index in [2.05, 4.69) is 55.8 Å². The van der Waals surface area contributed by atoms with Crippen molar-refractivity contribution in [2.75, 3.05) is 60.5 Å². The van der Waals surface area contributed by atoms with Crippen LogP contribution in [-0.2, 0) is 47.8 Å². The third-order valence-electron chi connectivity index (χ3n) is 13.6. The van der Waals surface area contributed by atoms with Crippen molar-refractivity contribution in [1.29, 1.82) is 0 Å². The van der Waals surface area contributed by atoms with Crippen LogP contribution in [0.25, 0.3) is 0 Å². The summed E-state index contributed by atoms with van der Waals surface area (Å²) in [5, 5.41) is 125. The van der Waals surface area contributed by atoms with Gasteiger partial charge in [-0.2, -0.15) is 17.7 Å². The largest absolute Gasteiger partial charge is 0.391 e. The summed E-state index contributed by atoms with van der Waals surface area (Å²) in [5.74, 6) is 4.50. The lowest BCUT2D eigenvalue weighted by Gasteiger charge is -2.32. The Morgan fingerprint density at radius 3 is 1.17 bits per heavy atom. The molecule has 1 aliphatic heterocycles. The number of hydrogen-bond donors (Lipinski definition) is 14. The third-order valence-corrected chi connectivity index (χ3v) is 13.8. The summed E-state index contributed by atoms with van der Waals surface area (Å²) in [6.07, 6.45) is 1.76. The van der Waals surface area contributed by atoms with E-state index < -0.39 is 103 Å². The van der Waals surface area contributed by atoms with Crippen LogP contribution in [0.2, 0.25) is 0 Å². The van der Waals surface area contributed by atoms with E-state index in [0.29, 0.717) is 43.8 Å². The van der Waals surface area contributed by atoms with Crippen molar-refractivity contribution in [1.82, 2.24) is 15.6 Å². The van der Waals surface area contributed by atoms with E-state index in [1.165, 1.54) is 73.0 Å². The number of methoxy groups -OCH3 is 4. The average molecular weight is 1380 g/mol. The molecule has 0 bridgehead atoms. The van der Waals surface area contributed by atoms with Crippen LogP contribution >= 0.6 is 12.6 Å². The monoisotopic (exact) mass is 1380 g/mol. The molecule has 1 aliphatic rings. The molecule has 0 fully saturated rings. The van der Waals surface area contributed by atoms with E-state index in [0.717, 1.165) is 0 Å². The lowest BCUT2D eigenvalue weighted by atomic mass is 9.93. The molecule has 13 N–H and O–H groups in total. The molecule has 1 heterocycles. The van der Waals surface area contributed by atoms with Crippen molar-refractivity contribution in [3.63, 3.8) is 0 Å². The van der Waals surface area contributed by atoms with Gasteiger partial charge in [-0.05, 0) is 97.8 Å². The van der Waals surface area contributed by atoms with E-state index >= 15 is 0 Å². The zero-order valence-corrected chi connectivity index (χ0v) is 61.4. The predicted molar refractivity (Wildman–Crippen MR) is 370 cm³/mol. The molecule has 0 aliphatic carbocycles. The van der Waals surface area contributed by atoms with Crippen LogP contribution < -0.4 is 10.7 Å². The molecule has 0 aromatic rings. The lowest BCUT2D eigenvalue weighted by Crippen LogP contribution is -2.54. The second-order valence-electron chi connectivity index (χ2n) is 25.3. The van der Waals surface area contributed by atoms with E-state index in [-0.39, 0.29) is 84.1 Å². The molecule has 0 radical (unpaired) electrons. The van der Waals surface area contributed by atoms with Crippen LogP contribution in [0.3, 0.4) is 0 Å². The summed E-state index contributed by atoms with van der Waals surface area (Å²) in [6, 6.07) is -0.517. The smallest absolute Gasteiger partial charge is 0.253 e. The highest BCUT2D eigenvalue weighted by Gasteiger charge is 2.35. The Morgan fingerprint density at radius 2 is 0.874 bits per heavy atom. The number of terminal acetylenes is 2. The maximum Gasteiger partial charge on any atom is 0.253 e. The van der Waals surface area contributed by atoms with Gasteiger partial charge in [0.1, 0.15) is 71.6 Å². The first-order chi connectivity index (χ1) is 44.1. The Kier molecular flexibility index (Phi) is 54.2. The number of oxime groups is 3. The molecule has 29 heteroatoms. The number of carbonyl (C=O) groups is 3. The molecular formula is C66H123N7O21S. The number of imide groups is 1. The quantitative estimate of drug-likeness (QED) is 0.0105. The summed E-state index contributed by atoms with van der Waals surface area (Å²) in [7, 11) is 6.04. The standard InChI is InChI=1S/C19H31N3O6.C13H27NO4.2C12H21NO4.C10H23NO3S/c1-12(2)19(28-4)17(18(27)13(3)23)21-20-14(24)8-6-5-7-11-22-15(25)9-10-16(22)26;1-8(2)12(17-7)10(11(16)9(3)15)14-18-13(4,5)6;2*1-6-7-17-13-10(11(15)9(4)14)12(16-5)8(2)3;1-6(2)9(13)8(11-4-5-15)10(14)7(3)12/h9-10,12-13,18-19,23,27H,5-8,11H2,1-4H3,(H,20,24);8-9,11-12,15-16H,1-7H3;2*1,8-9,11-12,14-15H,7H2,2-5H3;6-15H,4-5H2,1-3H3/b21-17+;14-10-;13-10+;13-10-;/t13-,18+,19+;3*9-,11+,12+;7-,8?,9+,10+/m11111/s1. The van der Waals surface area contributed by atoms with Gasteiger partial charge in [0.15, 0.2) is 13.2 Å². The van der Waals surface area contributed by atoms with Crippen molar-refractivity contribution in [3.8, 4) is 24.7 Å². The maximum atomic E-state index is 12.0. The topological polar surface area (TPSA) is 415 Å². The van der Waals surface area contributed by atoms with Crippen molar-refractivity contribution in [3.05, 3.63) is 12.2 Å². The number of nitrogens with one attached hydrogen (secondary N) is 2. The number of aliphatic hydroxyl groups excluding tert-OH is 11. The molecule has 0 saturated carbocycles. The van der Waals surface area contributed by atoms with Gasteiger partial charge in [0.05, 0.1) is 54.5 Å². The number of aliphatic hydroxyl groups is 11. The molecule has 0 spiro atoms. The fourth-order valence-corrected chi connectivity index (χ4v) is 8.61. The van der Waals surface area contributed by atoms with Gasteiger partial charge in [0.25, 0.3) is 11.8 Å². The van der Waals surface area contributed by atoms with Crippen LogP contribution in [0.5, 0.6) is 0 Å². The van der Waals surface area contributed by atoms with Crippen LogP contribution in [0.15, 0.2) is 32.7 Å². The molecule has 28 nitrogen and oxygen atoms in total. The Labute approximate surface area is 571 Å². The summed E-state index contributed by atoms with van der Waals surface area (Å²) < 4.78 is 21.2. The zero-order chi connectivity index (χ0) is 74.6. The van der Waals surface area contributed by atoms with Gasteiger partial charge in [-0.3, -0.25) is 19.3 Å². The fourth-order valence-electron chi connectivity index (χ4n) is 8.48. The van der Waals surface area contributed by atoms with Crippen LogP contribution in [0.1, 0.15) is 150 Å². The second kappa shape index (κ2) is 53.3. The van der Waals surface area contributed by atoms with Gasteiger partial charge in [-0.25, -0.2) is 5.43 Å². The van der Waals surface area contributed by atoms with Crippen LogP contribution in [0, 0.1) is 54.3 Å². The Morgan fingerprint density at radius 1 is 0.526 bits per heavy atom. The molecule has 0 aromatic heterocycles. The average Bonchev–Trinajstić information content (AvgIpc) is 2.58. The number of thiol groups is 1. The van der Waals surface area contributed by atoms with E-state index in [1.54, 1.807) is 7.11 Å². The van der Waals surface area contributed by atoms with E-state index in [9.17, 15) is 70.6 Å². The molecule has 554 valence electrons. The fraction of sp³-hybridized carbons (Fsp3) is 0.803. The van der Waals surface area contributed by atoms with Crippen molar-refractivity contribution < 1.29 is 104 Å². The summed E-state index contributed by atoms with van der Waals surface area (Å²) in [5.41, 5.74) is 2.91. The number of hydrogen-bond acceptors (Lipinski definition) is 27. The lowest BCUT2D eigenvalue weighted by molar-refractivity contribution is -0.137. The molecular weight excluding hydrogens is 1260 g/mol. The van der Waals surface area contributed by atoms with Gasteiger partial charge in [-0.15, -0.1) is 12.8 Å². The van der Waals surface area contributed by atoms with Gasteiger partial charge in [-0.1, -0.05) is 103 Å². The summed E-state index contributed by atoms with van der Waals surface area (Å²) in [4.78, 5) is 51.1. The van der Waals surface area contributed by atoms with Gasteiger partial charge >= 0.3 is 0 Å². The third kappa shape index (κ3) is 40.7. The first kappa shape index (κ1) is 96.6. The Bertz CT molecular complexity index is 2230. The highest BCUT2D eigenvalue weighted by atomic mass is 32.1. The molecule has 3 amide bonds. The number of rotatable bonds is 39. The normalized spacial score (nSPS) is 18.2. The first-order valence-corrected chi connectivity index (χ1v) is 32.6. The minimum absolute atomic E-state index is 0.00452. The SMILES string of the molecule is C#CCO/N=C(/[C@@H](OC)C(C)C)[C@@H](O)[C@@H](C)O.C#CCO/N=C(\[C@@H](OC)C(C)C)[C@@H](O)[C@@H](C)O.CC(C)[C@H](O)C(NCCS)[C@@H](O)[C@@H](C)O.CO[C@H](/C(=N/NC(=O)CCCCCN1C(=O)C=CC1=O)[C@@H](O)[C@@H](C)O)C(C)C.CO[C@H](/C(=N\OC(C)(C)C)[C@@H](O)[C@@H](C)O)C(C)C. The first-order valence-electron chi connectivity index (χ1n) is 32.0. The zero-order valence-electron chi connectivity index (χ0n) is 60.5. The van der Waals surface area contributed by atoms with E-state index in [1.807, 2.05) is 90.0 Å². The van der Waals surface area contributed by atoms with Gasteiger partial charge in [0.2, 0.25) is 5.91 Å². The van der Waals surface area contributed by atoms with Crippen molar-refractivity contribution in [2.45, 2.75) is 254 Å². The minimum atomic E-state index is -1.25. The number of nitrogens with zero attached hydrogens (tertiary/aromatic N) is 5. The maximum absolute atomic E-state index is 12.0. The number of hydrazone groups is 1. The molecule has 1 rings (SSSR count). The molecule has 95 heavy (non-hydrogen) atoms. The van der Waals surface area contributed by atoms with Crippen molar-refractivity contribution in [2.24, 2.45) is 50.2 Å². The molecule has 16 atom stereocenters. The molecule has 0 aromatic carbocycles. The van der Waals surface area contributed by atoms with Crippen LogP contribution in [-0.4, -0.2) is 265 Å². The number of unbranched alkanes of at least 4 members (excludes halogenated alkanes) is 2. The van der Waals surface area contributed by atoms with Gasteiger partial charge < -0.3 is 94.9 Å². The van der Waals surface area contributed by atoms with Gasteiger partial charge in [0, 0.05) is 65.9 Å². The Hall–Kier alpha value is -4.74. The highest BCUT2D eigenvalue weighted by Crippen LogP contribution is 2.19.